The third-order valence-corrected chi connectivity index (χ3v) is 3.25. The molecule has 5 nitrogen and oxygen atoms in total. The lowest BCUT2D eigenvalue weighted by Gasteiger charge is -2.04. The minimum atomic E-state index is -0.366. The highest BCUT2D eigenvalue weighted by atomic mass is 79.9. The largest absolute Gasteiger partial charge is 0.465 e. The van der Waals surface area contributed by atoms with Crippen molar-refractivity contribution in [2.24, 2.45) is 5.73 Å². The van der Waals surface area contributed by atoms with Crippen LogP contribution in [0.3, 0.4) is 0 Å². The summed E-state index contributed by atoms with van der Waals surface area (Å²) in [5.41, 5.74) is 8.03. The summed E-state index contributed by atoms with van der Waals surface area (Å²) in [6.07, 6.45) is 0.708. The highest BCUT2D eigenvalue weighted by molar-refractivity contribution is 9.08. The number of nitrogens with two attached hydrogens (primary N) is 1. The summed E-state index contributed by atoms with van der Waals surface area (Å²) in [6.45, 7) is 1.94. The van der Waals surface area contributed by atoms with Gasteiger partial charge in [-0.2, -0.15) is 5.10 Å². The Labute approximate surface area is 125 Å². The van der Waals surface area contributed by atoms with Crippen LogP contribution >= 0.6 is 28.6 Å². The van der Waals surface area contributed by atoms with Gasteiger partial charge >= 0.3 is 5.97 Å². The standard InChI is InChI=1S/C12H14BrN3O2.ClH/c1-7(14)5-11-9-4-3-8(12(17)18-2)6-10(9)15-16(11)13;/h3-4,6-7H,5,14H2,1-2H3;1H. The van der Waals surface area contributed by atoms with Crippen LogP contribution in [-0.2, 0) is 11.2 Å². The highest BCUT2D eigenvalue weighted by Gasteiger charge is 2.14. The molecule has 0 radical (unpaired) electrons. The highest BCUT2D eigenvalue weighted by Crippen LogP contribution is 2.22. The van der Waals surface area contributed by atoms with Crippen molar-refractivity contribution in [1.29, 1.82) is 0 Å². The Morgan fingerprint density at radius 2 is 2.26 bits per heavy atom. The molecule has 1 aromatic carbocycles. The third-order valence-electron chi connectivity index (χ3n) is 2.66. The Morgan fingerprint density at radius 1 is 1.58 bits per heavy atom. The molecule has 0 bridgehead atoms. The van der Waals surface area contributed by atoms with Gasteiger partial charge in [-0.1, -0.05) is 6.07 Å². The number of hydrogen-bond acceptors (Lipinski definition) is 4. The zero-order valence-corrected chi connectivity index (χ0v) is 13.0. The lowest BCUT2D eigenvalue weighted by molar-refractivity contribution is 0.0601. The van der Waals surface area contributed by atoms with Crippen LogP contribution in [0.1, 0.15) is 23.0 Å². The molecule has 1 atom stereocenters. The molecule has 7 heteroatoms. The Hall–Kier alpha value is -1.11. The van der Waals surface area contributed by atoms with Gasteiger partial charge in [0.25, 0.3) is 0 Å². The molecule has 0 fully saturated rings. The number of rotatable bonds is 3. The van der Waals surface area contributed by atoms with Gasteiger partial charge in [0.15, 0.2) is 0 Å². The molecule has 0 aliphatic heterocycles. The van der Waals surface area contributed by atoms with E-state index in [0.29, 0.717) is 12.0 Å². The van der Waals surface area contributed by atoms with Gasteiger partial charge in [-0.25, -0.2) is 8.50 Å². The van der Waals surface area contributed by atoms with E-state index >= 15 is 0 Å². The van der Waals surface area contributed by atoms with Crippen LogP contribution in [0.25, 0.3) is 10.9 Å². The fourth-order valence-electron chi connectivity index (χ4n) is 1.85. The molecule has 104 valence electrons. The second-order valence-electron chi connectivity index (χ2n) is 4.21. The van der Waals surface area contributed by atoms with Crippen molar-refractivity contribution >= 4 is 45.4 Å². The van der Waals surface area contributed by atoms with E-state index in [4.69, 9.17) is 5.73 Å². The SMILES string of the molecule is COC(=O)c1ccc2c(CC(C)N)n(Br)nc2c1.Cl. The first-order valence-electron chi connectivity index (χ1n) is 5.54. The lowest BCUT2D eigenvalue weighted by atomic mass is 10.1. The van der Waals surface area contributed by atoms with E-state index in [-0.39, 0.29) is 24.4 Å². The third kappa shape index (κ3) is 3.26. The van der Waals surface area contributed by atoms with Crippen molar-refractivity contribution in [3.05, 3.63) is 29.5 Å². The Bertz CT molecular complexity index is 598. The van der Waals surface area contributed by atoms with Crippen LogP contribution in [0, 0.1) is 0 Å². The van der Waals surface area contributed by atoms with Crippen LogP contribution < -0.4 is 5.73 Å². The summed E-state index contributed by atoms with van der Waals surface area (Å²) >= 11 is 3.35. The summed E-state index contributed by atoms with van der Waals surface area (Å²) in [5.74, 6) is -0.366. The molecular weight excluding hydrogens is 334 g/mol. The average molecular weight is 349 g/mol. The molecule has 0 aliphatic carbocycles. The predicted octanol–water partition coefficient (Wildman–Crippen LogP) is 2.29. The van der Waals surface area contributed by atoms with Crippen molar-refractivity contribution in [3.8, 4) is 0 Å². The smallest absolute Gasteiger partial charge is 0.337 e. The van der Waals surface area contributed by atoms with Crippen LogP contribution in [-0.4, -0.2) is 27.9 Å². The van der Waals surface area contributed by atoms with Crippen molar-refractivity contribution in [2.45, 2.75) is 19.4 Å². The molecule has 2 rings (SSSR count). The monoisotopic (exact) mass is 347 g/mol. The number of carbonyl (C=O) groups is 1. The van der Waals surface area contributed by atoms with Gasteiger partial charge in [-0.3, -0.25) is 0 Å². The van der Waals surface area contributed by atoms with E-state index in [9.17, 15) is 4.79 Å². The summed E-state index contributed by atoms with van der Waals surface area (Å²) in [4.78, 5) is 11.4. The van der Waals surface area contributed by atoms with Gasteiger partial charge in [-0.05, 0) is 19.1 Å². The molecule has 0 saturated heterocycles. The molecule has 0 amide bonds. The number of ether oxygens (including phenoxy) is 1. The molecule has 0 spiro atoms. The summed E-state index contributed by atoms with van der Waals surface area (Å²) in [5, 5.41) is 5.30. The van der Waals surface area contributed by atoms with Gasteiger partial charge in [0.05, 0.1) is 40.0 Å². The van der Waals surface area contributed by atoms with Crippen molar-refractivity contribution < 1.29 is 9.53 Å². The maximum absolute atomic E-state index is 11.4. The van der Waals surface area contributed by atoms with Gasteiger partial charge in [0.2, 0.25) is 0 Å². The molecular formula is C12H15BrClN3O2. The van der Waals surface area contributed by atoms with Gasteiger partial charge in [-0.15, -0.1) is 12.4 Å². The molecule has 1 heterocycles. The van der Waals surface area contributed by atoms with Crippen molar-refractivity contribution in [3.63, 3.8) is 0 Å². The van der Waals surface area contributed by atoms with Crippen molar-refractivity contribution in [1.82, 2.24) is 8.81 Å². The minimum absolute atomic E-state index is 0. The summed E-state index contributed by atoms with van der Waals surface area (Å²) < 4.78 is 6.31. The fourth-order valence-corrected chi connectivity index (χ4v) is 2.35. The van der Waals surface area contributed by atoms with Crippen LogP contribution in [0.5, 0.6) is 0 Å². The van der Waals surface area contributed by atoms with E-state index in [1.807, 2.05) is 13.0 Å². The topological polar surface area (TPSA) is 70.1 Å². The normalized spacial score (nSPS) is 12.0. The average Bonchev–Trinajstić information content (AvgIpc) is 2.63. The van der Waals surface area contributed by atoms with Gasteiger partial charge in [0, 0.05) is 17.8 Å². The van der Waals surface area contributed by atoms with Crippen molar-refractivity contribution in [2.75, 3.05) is 7.11 Å². The van der Waals surface area contributed by atoms with E-state index in [2.05, 4.69) is 26.0 Å². The lowest BCUT2D eigenvalue weighted by Crippen LogP contribution is -2.18. The van der Waals surface area contributed by atoms with Crippen LogP contribution in [0.15, 0.2) is 18.2 Å². The van der Waals surface area contributed by atoms with Gasteiger partial charge in [0.1, 0.15) is 0 Å². The fraction of sp³-hybridized carbons (Fsp3) is 0.333. The first kappa shape index (κ1) is 15.9. The second-order valence-corrected chi connectivity index (χ2v) is 4.88. The molecule has 2 N–H and O–H groups in total. The molecule has 1 unspecified atom stereocenters. The van der Waals surface area contributed by atoms with E-state index in [0.717, 1.165) is 16.6 Å². The van der Waals surface area contributed by atoms with Gasteiger partial charge < -0.3 is 10.5 Å². The number of esters is 1. The minimum Gasteiger partial charge on any atom is -0.465 e. The first-order valence-corrected chi connectivity index (χ1v) is 6.25. The number of aromatic nitrogens is 2. The second kappa shape index (κ2) is 6.36. The quantitative estimate of drug-likeness (QED) is 0.864. The Kier molecular flexibility index (Phi) is 5.34. The zero-order chi connectivity index (χ0) is 13.3. The van der Waals surface area contributed by atoms with Crippen LogP contribution in [0.4, 0.5) is 0 Å². The number of carbonyl (C=O) groups excluding carboxylic acids is 1. The number of fused-ring (bicyclic) bond motifs is 1. The van der Waals surface area contributed by atoms with Crippen LogP contribution in [0.2, 0.25) is 0 Å². The number of halogens is 2. The predicted molar refractivity (Wildman–Crippen MR) is 80.0 cm³/mol. The molecule has 19 heavy (non-hydrogen) atoms. The first-order chi connectivity index (χ1) is 8.52. The maximum Gasteiger partial charge on any atom is 0.337 e. The maximum atomic E-state index is 11.4. The molecule has 1 aromatic heterocycles. The van der Waals surface area contributed by atoms with E-state index in [1.54, 1.807) is 15.8 Å². The molecule has 0 saturated carbocycles. The Morgan fingerprint density at radius 3 is 2.84 bits per heavy atom. The number of benzene rings is 1. The summed E-state index contributed by atoms with van der Waals surface area (Å²) in [6, 6.07) is 5.35. The van der Waals surface area contributed by atoms with E-state index < -0.39 is 0 Å². The zero-order valence-electron chi connectivity index (χ0n) is 10.6. The molecule has 0 aliphatic rings. The molecule has 2 aromatic rings. The van der Waals surface area contributed by atoms with E-state index in [1.165, 1.54) is 7.11 Å². The number of hydrogen-bond donors (Lipinski definition) is 1. The number of nitrogens with zero attached hydrogens (tertiary/aromatic N) is 2. The summed E-state index contributed by atoms with van der Waals surface area (Å²) in [7, 11) is 1.36. The Balaban J connectivity index is 0.00000180. The number of methoxy groups -OCH3 is 1.